The Balaban J connectivity index is 2.83. The predicted octanol–water partition coefficient (Wildman–Crippen LogP) is 3.47. The number of hydrogen-bond donors (Lipinski definition) is 2. The molecule has 20 heavy (non-hydrogen) atoms. The zero-order valence-electron chi connectivity index (χ0n) is 12.0. The van der Waals surface area contributed by atoms with Crippen LogP contribution in [0.5, 0.6) is 5.75 Å². The highest BCUT2D eigenvalue weighted by Gasteiger charge is 2.19. The van der Waals surface area contributed by atoms with Gasteiger partial charge >= 0.3 is 5.97 Å². The first kappa shape index (κ1) is 16.8. The monoisotopic (exact) mass is 299 g/mol. The summed E-state index contributed by atoms with van der Waals surface area (Å²) in [6.07, 6.45) is 1.46. The van der Waals surface area contributed by atoms with Gasteiger partial charge in [-0.05, 0) is 37.6 Å². The molecule has 112 valence electrons. The maximum absolute atomic E-state index is 11.2. The lowest BCUT2D eigenvalue weighted by molar-refractivity contribution is -0.145. The first-order chi connectivity index (χ1) is 9.58. The second kappa shape index (κ2) is 8.82. The summed E-state index contributed by atoms with van der Waals surface area (Å²) < 4.78 is 5.63. The molecule has 0 aliphatic rings. The van der Waals surface area contributed by atoms with Crippen molar-refractivity contribution in [3.05, 3.63) is 28.8 Å². The van der Waals surface area contributed by atoms with Crippen LogP contribution in [0.1, 0.15) is 38.7 Å². The molecule has 1 aromatic carbocycles. The van der Waals surface area contributed by atoms with Gasteiger partial charge in [-0.1, -0.05) is 31.9 Å². The lowest BCUT2D eigenvalue weighted by Gasteiger charge is -2.17. The van der Waals surface area contributed by atoms with Crippen LogP contribution in [0.4, 0.5) is 0 Å². The SMILES string of the molecule is CCCNCc1cc(Cl)ccc1OC(CCC)C(=O)O. The van der Waals surface area contributed by atoms with E-state index in [1.807, 2.05) is 13.0 Å². The van der Waals surface area contributed by atoms with Gasteiger partial charge in [-0.25, -0.2) is 4.79 Å². The fraction of sp³-hybridized carbons (Fsp3) is 0.533. The van der Waals surface area contributed by atoms with Crippen LogP contribution in [0, 0.1) is 0 Å². The van der Waals surface area contributed by atoms with Gasteiger partial charge in [0.25, 0.3) is 0 Å². The van der Waals surface area contributed by atoms with Gasteiger partial charge < -0.3 is 15.2 Å². The Morgan fingerprint density at radius 2 is 2.15 bits per heavy atom. The minimum atomic E-state index is -0.936. The Labute approximate surface area is 125 Å². The van der Waals surface area contributed by atoms with Gasteiger partial charge in [-0.3, -0.25) is 0 Å². The Morgan fingerprint density at radius 3 is 2.75 bits per heavy atom. The Hall–Kier alpha value is -1.26. The number of aliphatic carboxylic acids is 1. The van der Waals surface area contributed by atoms with Crippen molar-refractivity contribution < 1.29 is 14.6 Å². The van der Waals surface area contributed by atoms with Crippen LogP contribution >= 0.6 is 11.6 Å². The first-order valence-electron chi connectivity index (χ1n) is 6.97. The van der Waals surface area contributed by atoms with Crippen LogP contribution in [0.2, 0.25) is 5.02 Å². The summed E-state index contributed by atoms with van der Waals surface area (Å²) in [5.41, 5.74) is 0.883. The Bertz CT molecular complexity index is 437. The van der Waals surface area contributed by atoms with E-state index in [0.29, 0.717) is 23.7 Å². The maximum atomic E-state index is 11.2. The molecule has 0 aliphatic heterocycles. The van der Waals surface area contributed by atoms with E-state index in [1.54, 1.807) is 12.1 Å². The zero-order chi connectivity index (χ0) is 15.0. The lowest BCUT2D eigenvalue weighted by atomic mass is 10.1. The lowest BCUT2D eigenvalue weighted by Crippen LogP contribution is -2.27. The van der Waals surface area contributed by atoms with Crippen molar-refractivity contribution in [2.24, 2.45) is 0 Å². The molecule has 0 spiro atoms. The minimum Gasteiger partial charge on any atom is -0.479 e. The average Bonchev–Trinajstić information content (AvgIpc) is 2.41. The molecule has 0 aliphatic carbocycles. The summed E-state index contributed by atoms with van der Waals surface area (Å²) in [5, 5.41) is 13.0. The molecule has 2 N–H and O–H groups in total. The van der Waals surface area contributed by atoms with Gasteiger partial charge in [0.05, 0.1) is 0 Å². The number of carboxylic acids is 1. The smallest absolute Gasteiger partial charge is 0.344 e. The van der Waals surface area contributed by atoms with E-state index in [1.165, 1.54) is 0 Å². The maximum Gasteiger partial charge on any atom is 0.344 e. The second-order valence-electron chi connectivity index (χ2n) is 4.66. The third kappa shape index (κ3) is 5.39. The highest BCUT2D eigenvalue weighted by atomic mass is 35.5. The molecule has 0 heterocycles. The molecule has 0 bridgehead atoms. The predicted molar refractivity (Wildman–Crippen MR) is 80.4 cm³/mol. The molecule has 4 nitrogen and oxygen atoms in total. The van der Waals surface area contributed by atoms with Crippen LogP contribution in [0.25, 0.3) is 0 Å². The average molecular weight is 300 g/mol. The summed E-state index contributed by atoms with van der Waals surface area (Å²) in [4.78, 5) is 11.2. The highest BCUT2D eigenvalue weighted by Crippen LogP contribution is 2.24. The molecule has 1 rings (SSSR count). The number of benzene rings is 1. The number of rotatable bonds is 9. The van der Waals surface area contributed by atoms with E-state index < -0.39 is 12.1 Å². The summed E-state index contributed by atoms with van der Waals surface area (Å²) in [6, 6.07) is 5.26. The first-order valence-corrected chi connectivity index (χ1v) is 7.34. The standard InChI is InChI=1S/C15H22ClNO3/c1-3-5-14(15(18)19)20-13-7-6-12(16)9-11(13)10-17-8-4-2/h6-7,9,14,17H,3-5,8,10H2,1-2H3,(H,18,19). The number of nitrogens with one attached hydrogen (secondary N) is 1. The Kier molecular flexibility index (Phi) is 7.41. The van der Waals surface area contributed by atoms with Crippen LogP contribution in [-0.2, 0) is 11.3 Å². The van der Waals surface area contributed by atoms with Crippen molar-refractivity contribution in [3.63, 3.8) is 0 Å². The fourth-order valence-corrected chi connectivity index (χ4v) is 2.04. The molecular weight excluding hydrogens is 278 g/mol. The van der Waals surface area contributed by atoms with Crippen molar-refractivity contribution in [2.75, 3.05) is 6.54 Å². The normalized spacial score (nSPS) is 12.2. The van der Waals surface area contributed by atoms with Crippen LogP contribution in [-0.4, -0.2) is 23.7 Å². The van der Waals surface area contributed by atoms with Gasteiger partial charge in [0.15, 0.2) is 6.10 Å². The third-order valence-electron chi connectivity index (χ3n) is 2.86. The molecule has 0 fully saturated rings. The number of halogens is 1. The Morgan fingerprint density at radius 1 is 1.40 bits per heavy atom. The summed E-state index contributed by atoms with van der Waals surface area (Å²) >= 11 is 5.99. The fourth-order valence-electron chi connectivity index (χ4n) is 1.85. The van der Waals surface area contributed by atoms with Crippen molar-refractivity contribution in [3.8, 4) is 5.75 Å². The molecule has 1 atom stereocenters. The van der Waals surface area contributed by atoms with E-state index in [2.05, 4.69) is 12.2 Å². The zero-order valence-corrected chi connectivity index (χ0v) is 12.7. The largest absolute Gasteiger partial charge is 0.479 e. The quantitative estimate of drug-likeness (QED) is 0.686. The molecule has 0 amide bonds. The molecule has 0 aromatic heterocycles. The topological polar surface area (TPSA) is 58.6 Å². The molecule has 0 saturated carbocycles. The van der Waals surface area contributed by atoms with Gasteiger partial charge in [0.2, 0.25) is 0 Å². The van der Waals surface area contributed by atoms with Crippen molar-refractivity contribution >= 4 is 17.6 Å². The minimum absolute atomic E-state index is 0.486. The second-order valence-corrected chi connectivity index (χ2v) is 5.10. The summed E-state index contributed by atoms with van der Waals surface area (Å²) in [6.45, 7) is 5.53. The van der Waals surface area contributed by atoms with Gasteiger partial charge in [0, 0.05) is 17.1 Å². The third-order valence-corrected chi connectivity index (χ3v) is 3.10. The van der Waals surface area contributed by atoms with E-state index in [9.17, 15) is 4.79 Å². The number of carbonyl (C=O) groups is 1. The molecule has 0 radical (unpaired) electrons. The van der Waals surface area contributed by atoms with E-state index >= 15 is 0 Å². The van der Waals surface area contributed by atoms with Gasteiger partial charge in [-0.2, -0.15) is 0 Å². The summed E-state index contributed by atoms with van der Waals surface area (Å²) in [5.74, 6) is -0.354. The molecular formula is C15H22ClNO3. The number of ether oxygens (including phenoxy) is 1. The van der Waals surface area contributed by atoms with Gasteiger partial charge in [0.1, 0.15) is 5.75 Å². The van der Waals surface area contributed by atoms with Crippen LogP contribution < -0.4 is 10.1 Å². The van der Waals surface area contributed by atoms with E-state index in [4.69, 9.17) is 21.4 Å². The molecule has 1 unspecified atom stereocenters. The van der Waals surface area contributed by atoms with Gasteiger partial charge in [-0.15, -0.1) is 0 Å². The number of hydrogen-bond acceptors (Lipinski definition) is 3. The highest BCUT2D eigenvalue weighted by molar-refractivity contribution is 6.30. The number of carboxylic acid groups (broad SMARTS) is 1. The van der Waals surface area contributed by atoms with E-state index in [-0.39, 0.29) is 0 Å². The summed E-state index contributed by atoms with van der Waals surface area (Å²) in [7, 11) is 0. The molecule has 5 heteroatoms. The van der Waals surface area contributed by atoms with Crippen molar-refractivity contribution in [1.82, 2.24) is 5.32 Å². The van der Waals surface area contributed by atoms with E-state index in [0.717, 1.165) is 24.9 Å². The molecule has 1 aromatic rings. The van der Waals surface area contributed by atoms with Crippen LogP contribution in [0.3, 0.4) is 0 Å². The van der Waals surface area contributed by atoms with Crippen molar-refractivity contribution in [1.29, 1.82) is 0 Å². The molecule has 0 saturated heterocycles. The van der Waals surface area contributed by atoms with Crippen LogP contribution in [0.15, 0.2) is 18.2 Å². The van der Waals surface area contributed by atoms with Crippen molar-refractivity contribution in [2.45, 2.75) is 45.8 Å².